The second-order valence-corrected chi connectivity index (χ2v) is 6.73. The van der Waals surface area contributed by atoms with Gasteiger partial charge in [-0.3, -0.25) is 14.3 Å². The number of benzene rings is 1. The number of anilines is 1. The molecule has 0 spiro atoms. The van der Waals surface area contributed by atoms with Crippen LogP contribution in [0.25, 0.3) is 11.2 Å². The number of nitrogens with zero attached hydrogens (tertiary/aromatic N) is 3. The molecule has 0 saturated carbocycles. The highest BCUT2D eigenvalue weighted by Gasteiger charge is 2.44. The summed E-state index contributed by atoms with van der Waals surface area (Å²) in [4.78, 5) is 22.6. The Morgan fingerprint density at radius 3 is 2.89 bits per heavy atom. The van der Waals surface area contributed by atoms with Crippen LogP contribution in [0.5, 0.6) is 0 Å². The van der Waals surface area contributed by atoms with Crippen molar-refractivity contribution in [3.8, 4) is 0 Å². The van der Waals surface area contributed by atoms with Crippen LogP contribution < -0.4 is 21.8 Å². The van der Waals surface area contributed by atoms with Crippen molar-refractivity contribution in [1.82, 2.24) is 19.5 Å². The minimum atomic E-state index is -1.42. The van der Waals surface area contributed by atoms with Crippen molar-refractivity contribution < 1.29 is 19.5 Å². The third-order valence-electron chi connectivity index (χ3n) is 4.91. The highest BCUT2D eigenvalue weighted by atomic mass is 16.6. The average molecular weight is 384 g/mol. The molecule has 4 N–H and O–H groups in total. The van der Waals surface area contributed by atoms with Gasteiger partial charge in [0.2, 0.25) is 13.1 Å². The van der Waals surface area contributed by atoms with Crippen molar-refractivity contribution in [1.29, 1.82) is 0 Å². The van der Waals surface area contributed by atoms with Gasteiger partial charge in [-0.15, -0.1) is 0 Å². The monoisotopic (exact) mass is 384 g/mol. The van der Waals surface area contributed by atoms with Crippen LogP contribution in [0.2, 0.25) is 0 Å². The maximum Gasteiger partial charge on any atom is 0.280 e. The second-order valence-electron chi connectivity index (χ2n) is 6.73. The van der Waals surface area contributed by atoms with E-state index in [2.05, 4.69) is 15.0 Å². The van der Waals surface area contributed by atoms with Crippen LogP contribution in [0, 0.1) is 5.92 Å². The number of nitrogen functional groups attached to an aromatic ring is 1. The molecule has 0 bridgehead atoms. The Morgan fingerprint density at radius 2 is 2.18 bits per heavy atom. The zero-order valence-corrected chi connectivity index (χ0v) is 15.1. The molecule has 28 heavy (non-hydrogen) atoms. The van der Waals surface area contributed by atoms with Gasteiger partial charge in [-0.2, -0.15) is 4.98 Å². The zero-order valence-electron chi connectivity index (χ0n) is 15.1. The van der Waals surface area contributed by atoms with E-state index in [1.807, 2.05) is 13.0 Å². The van der Waals surface area contributed by atoms with E-state index in [0.29, 0.717) is 5.46 Å². The van der Waals surface area contributed by atoms with Gasteiger partial charge in [-0.05, 0) is 0 Å². The molecular weight excluding hydrogens is 365 g/mol. The lowest BCUT2D eigenvalue weighted by Gasteiger charge is -2.29. The number of imidazole rings is 1. The summed E-state index contributed by atoms with van der Waals surface area (Å²) in [5.74, 6) is -0.364. The van der Waals surface area contributed by atoms with Crippen molar-refractivity contribution in [3.63, 3.8) is 0 Å². The van der Waals surface area contributed by atoms with Crippen molar-refractivity contribution in [2.45, 2.75) is 25.4 Å². The van der Waals surface area contributed by atoms with Gasteiger partial charge in [0.25, 0.3) is 5.56 Å². The molecule has 1 aliphatic heterocycles. The van der Waals surface area contributed by atoms with Gasteiger partial charge in [0.05, 0.1) is 19.0 Å². The number of aromatic amines is 1. The largest absolute Gasteiger partial charge is 0.853 e. The van der Waals surface area contributed by atoms with Gasteiger partial charge < -0.3 is 25.3 Å². The van der Waals surface area contributed by atoms with E-state index in [0.717, 1.165) is 0 Å². The predicted octanol–water partition coefficient (Wildman–Crippen LogP) is -1.63. The number of rotatable bonds is 5. The third-order valence-corrected chi connectivity index (χ3v) is 4.91. The van der Waals surface area contributed by atoms with Crippen LogP contribution in [0.1, 0.15) is 13.2 Å². The molecule has 10 nitrogen and oxygen atoms in total. The summed E-state index contributed by atoms with van der Waals surface area (Å²) in [5.41, 5.74) is 6.06. The Labute approximate surface area is 160 Å². The highest BCUT2D eigenvalue weighted by molar-refractivity contribution is 6.58. The fourth-order valence-corrected chi connectivity index (χ4v) is 3.52. The number of nitrogens with one attached hydrogen (secondary N) is 1. The molecule has 4 rings (SSSR count). The molecule has 0 radical (unpaired) electrons. The van der Waals surface area contributed by atoms with E-state index in [4.69, 9.17) is 15.1 Å². The Hall–Kier alpha value is -2.73. The summed E-state index contributed by atoms with van der Waals surface area (Å²) in [7, 11) is -1.42. The molecule has 1 fully saturated rings. The standard InChI is InChI=1S/C17H19BN5O5/c1-9-13(28-18(26)10-5-3-2-4-6-10)11(7-24)27-16(9)23-8-20-12-14(23)21-17(19)22-15(12)25/h2-6,8-9,11,13,16,24H,7H2,1H3,(H3,19,21,22,25)/q-1/t9?,11-,13?,16?/m1/s1. The number of aliphatic hydroxyl groups excluding tert-OH is 1. The molecule has 3 unspecified atom stereocenters. The van der Waals surface area contributed by atoms with Crippen LogP contribution in [0.3, 0.4) is 0 Å². The quantitative estimate of drug-likeness (QED) is 0.444. The first-order chi connectivity index (χ1) is 13.5. The van der Waals surface area contributed by atoms with Crippen LogP contribution in [0.15, 0.2) is 41.5 Å². The van der Waals surface area contributed by atoms with Crippen LogP contribution in [-0.4, -0.2) is 50.6 Å². The van der Waals surface area contributed by atoms with Crippen molar-refractivity contribution >= 4 is 29.7 Å². The van der Waals surface area contributed by atoms with E-state index >= 15 is 0 Å². The molecule has 4 atom stereocenters. The Kier molecular flexibility index (Phi) is 4.90. The van der Waals surface area contributed by atoms with Gasteiger partial charge in [-0.25, -0.2) is 4.98 Å². The molecule has 1 aromatic carbocycles. The average Bonchev–Trinajstić information content (AvgIpc) is 3.24. The summed E-state index contributed by atoms with van der Waals surface area (Å²) in [6.07, 6.45) is -0.578. The number of aliphatic hydroxyl groups is 1. The number of fused-ring (bicyclic) bond motifs is 1. The molecule has 3 aromatic rings. The molecule has 0 aliphatic carbocycles. The molecular formula is C17H19BN5O5-. The third kappa shape index (κ3) is 3.18. The van der Waals surface area contributed by atoms with Gasteiger partial charge in [0, 0.05) is 5.92 Å². The van der Waals surface area contributed by atoms with Crippen LogP contribution in [-0.2, 0) is 9.39 Å². The Balaban J connectivity index is 1.63. The fourth-order valence-electron chi connectivity index (χ4n) is 3.52. The first-order valence-corrected chi connectivity index (χ1v) is 8.84. The summed E-state index contributed by atoms with van der Waals surface area (Å²) >= 11 is 0. The molecule has 0 amide bonds. The van der Waals surface area contributed by atoms with E-state index in [1.54, 1.807) is 28.8 Å². The molecule has 2 aromatic heterocycles. The Morgan fingerprint density at radius 1 is 1.43 bits per heavy atom. The molecule has 11 heteroatoms. The van der Waals surface area contributed by atoms with Crippen LogP contribution >= 0.6 is 0 Å². The summed E-state index contributed by atoms with van der Waals surface area (Å²) in [6.45, 7) is 1.51. The number of ether oxygens (including phenoxy) is 1. The first-order valence-electron chi connectivity index (χ1n) is 8.84. The fraction of sp³-hybridized carbons (Fsp3) is 0.353. The lowest BCUT2D eigenvalue weighted by atomic mass is 9.78. The SMILES string of the molecule is CC1C(OB([O-])c2ccccc2)[C@@H](CO)OC1n1cnc2c(=O)[nH]c(N)nc21. The van der Waals surface area contributed by atoms with E-state index in [1.165, 1.54) is 6.33 Å². The first kappa shape index (κ1) is 18.6. The van der Waals surface area contributed by atoms with E-state index in [9.17, 15) is 14.9 Å². The van der Waals surface area contributed by atoms with Crippen LogP contribution in [0.4, 0.5) is 5.95 Å². The Bertz CT molecular complexity index is 1030. The number of H-pyrrole nitrogens is 1. The van der Waals surface area contributed by atoms with Gasteiger partial charge in [0.1, 0.15) is 12.3 Å². The predicted molar refractivity (Wildman–Crippen MR) is 99.4 cm³/mol. The number of aromatic nitrogens is 4. The van der Waals surface area contributed by atoms with Crippen molar-refractivity contribution in [2.24, 2.45) is 5.92 Å². The van der Waals surface area contributed by atoms with Gasteiger partial charge >= 0.3 is 0 Å². The molecule has 1 aliphatic rings. The maximum absolute atomic E-state index is 12.5. The number of hydrogen-bond donors (Lipinski definition) is 3. The summed E-state index contributed by atoms with van der Waals surface area (Å²) in [5, 5.41) is 22.3. The molecule has 3 heterocycles. The van der Waals surface area contributed by atoms with Gasteiger partial charge in [0.15, 0.2) is 11.2 Å². The van der Waals surface area contributed by atoms with Gasteiger partial charge in [-0.1, -0.05) is 42.7 Å². The topological polar surface area (TPSA) is 151 Å². The minimum Gasteiger partial charge on any atom is -0.853 e. The number of hydrogen-bond acceptors (Lipinski definition) is 8. The smallest absolute Gasteiger partial charge is 0.280 e. The van der Waals surface area contributed by atoms with Crippen molar-refractivity contribution in [2.75, 3.05) is 12.3 Å². The summed E-state index contributed by atoms with van der Waals surface area (Å²) < 4.78 is 13.2. The minimum absolute atomic E-state index is 0.0416. The second kappa shape index (κ2) is 7.36. The lowest BCUT2D eigenvalue weighted by molar-refractivity contribution is -0.224. The van der Waals surface area contributed by atoms with E-state index < -0.39 is 31.1 Å². The lowest BCUT2D eigenvalue weighted by Crippen LogP contribution is -2.51. The number of nitrogens with two attached hydrogens (primary N) is 1. The summed E-state index contributed by atoms with van der Waals surface area (Å²) in [6, 6.07) is 8.71. The van der Waals surface area contributed by atoms with Crippen molar-refractivity contribution in [3.05, 3.63) is 47.0 Å². The van der Waals surface area contributed by atoms with E-state index in [-0.39, 0.29) is 29.6 Å². The zero-order chi connectivity index (χ0) is 19.8. The molecule has 1 saturated heterocycles. The normalized spacial score (nSPS) is 24.7. The molecule has 146 valence electrons. The highest BCUT2D eigenvalue weighted by Crippen LogP contribution is 2.37. The maximum atomic E-state index is 12.5.